The molecule has 6 heteroatoms. The highest BCUT2D eigenvalue weighted by Crippen LogP contribution is 2.27. The fraction of sp³-hybridized carbons (Fsp3) is 0.0909. The van der Waals surface area contributed by atoms with Crippen molar-refractivity contribution >= 4 is 48.7 Å². The molecule has 0 atom stereocenters. The standard InChI is InChI=1S/C11H7Br2NO3/c1-14-10(15)7-3-5-2-6(12)4-8(13)9(5)17-11(7)16/h2-4H,1H3,(H,14,15). The second kappa shape index (κ2) is 4.62. The van der Waals surface area contributed by atoms with Crippen molar-refractivity contribution in [2.24, 2.45) is 0 Å². The van der Waals surface area contributed by atoms with Crippen LogP contribution in [0, 0.1) is 0 Å². The van der Waals surface area contributed by atoms with Gasteiger partial charge in [-0.3, -0.25) is 4.79 Å². The van der Waals surface area contributed by atoms with Gasteiger partial charge in [-0.15, -0.1) is 0 Å². The van der Waals surface area contributed by atoms with E-state index in [1.165, 1.54) is 13.1 Å². The van der Waals surface area contributed by atoms with Gasteiger partial charge in [0.1, 0.15) is 5.56 Å². The van der Waals surface area contributed by atoms with E-state index in [0.29, 0.717) is 15.4 Å². The van der Waals surface area contributed by atoms with Gasteiger partial charge in [-0.05, 0) is 34.1 Å². The maximum atomic E-state index is 11.6. The minimum Gasteiger partial charge on any atom is -0.421 e. The number of benzene rings is 1. The number of fused-ring (bicyclic) bond motifs is 1. The lowest BCUT2D eigenvalue weighted by Crippen LogP contribution is -2.24. The molecule has 1 aromatic heterocycles. The van der Waals surface area contributed by atoms with Crippen LogP contribution >= 0.6 is 31.9 Å². The van der Waals surface area contributed by atoms with Crippen LogP contribution in [0.3, 0.4) is 0 Å². The zero-order valence-corrected chi connectivity index (χ0v) is 11.9. The molecule has 2 rings (SSSR count). The number of halogens is 2. The van der Waals surface area contributed by atoms with Crippen LogP contribution < -0.4 is 10.9 Å². The van der Waals surface area contributed by atoms with Crippen molar-refractivity contribution in [2.45, 2.75) is 0 Å². The predicted octanol–water partition coefficient (Wildman–Crippen LogP) is 2.68. The van der Waals surface area contributed by atoms with Gasteiger partial charge in [0.15, 0.2) is 5.58 Å². The molecule has 0 fully saturated rings. The Morgan fingerprint density at radius 1 is 1.29 bits per heavy atom. The van der Waals surface area contributed by atoms with Gasteiger partial charge in [-0.25, -0.2) is 4.79 Å². The Morgan fingerprint density at radius 2 is 2.00 bits per heavy atom. The first-order chi connectivity index (χ1) is 8.02. The van der Waals surface area contributed by atoms with E-state index in [2.05, 4.69) is 37.2 Å². The molecule has 2 aromatic rings. The average molecular weight is 361 g/mol. The van der Waals surface area contributed by atoms with Crippen molar-refractivity contribution in [3.63, 3.8) is 0 Å². The fourth-order valence-electron chi connectivity index (χ4n) is 1.45. The molecule has 0 bridgehead atoms. The van der Waals surface area contributed by atoms with Crippen molar-refractivity contribution in [2.75, 3.05) is 7.05 Å². The number of hydrogen-bond acceptors (Lipinski definition) is 3. The molecule has 4 nitrogen and oxygen atoms in total. The van der Waals surface area contributed by atoms with Gasteiger partial charge in [0.25, 0.3) is 5.91 Å². The first kappa shape index (κ1) is 12.3. The zero-order valence-electron chi connectivity index (χ0n) is 8.71. The fourth-order valence-corrected chi connectivity index (χ4v) is 2.79. The smallest absolute Gasteiger partial charge is 0.349 e. The van der Waals surface area contributed by atoms with Crippen molar-refractivity contribution in [1.29, 1.82) is 0 Å². The molecule has 1 amide bonds. The molecule has 0 aliphatic rings. The van der Waals surface area contributed by atoms with Gasteiger partial charge < -0.3 is 9.73 Å². The summed E-state index contributed by atoms with van der Waals surface area (Å²) in [7, 11) is 1.46. The highest BCUT2D eigenvalue weighted by Gasteiger charge is 2.13. The maximum absolute atomic E-state index is 11.6. The summed E-state index contributed by atoms with van der Waals surface area (Å²) < 4.78 is 6.60. The minimum atomic E-state index is -0.653. The lowest BCUT2D eigenvalue weighted by molar-refractivity contribution is 0.0959. The molecular formula is C11H7Br2NO3. The number of amides is 1. The molecule has 0 aliphatic carbocycles. The monoisotopic (exact) mass is 359 g/mol. The minimum absolute atomic E-state index is 0.00926. The molecule has 0 spiro atoms. The van der Waals surface area contributed by atoms with Gasteiger partial charge in [0.2, 0.25) is 0 Å². The van der Waals surface area contributed by atoms with Crippen LogP contribution in [-0.2, 0) is 0 Å². The molecule has 0 radical (unpaired) electrons. The van der Waals surface area contributed by atoms with Crippen LogP contribution in [0.25, 0.3) is 11.0 Å². The number of carbonyl (C=O) groups excluding carboxylic acids is 1. The highest BCUT2D eigenvalue weighted by atomic mass is 79.9. The van der Waals surface area contributed by atoms with Gasteiger partial charge in [-0.1, -0.05) is 15.9 Å². The first-order valence-corrected chi connectivity index (χ1v) is 6.26. The molecule has 1 heterocycles. The number of nitrogens with one attached hydrogen (secondary N) is 1. The predicted molar refractivity (Wildman–Crippen MR) is 71.3 cm³/mol. The van der Waals surface area contributed by atoms with Crippen molar-refractivity contribution in [3.05, 3.63) is 43.1 Å². The zero-order chi connectivity index (χ0) is 12.6. The Hall–Kier alpha value is -1.14. The Morgan fingerprint density at radius 3 is 2.65 bits per heavy atom. The number of carbonyl (C=O) groups is 1. The van der Waals surface area contributed by atoms with Crippen LogP contribution in [0.4, 0.5) is 0 Å². The largest absolute Gasteiger partial charge is 0.421 e. The lowest BCUT2D eigenvalue weighted by Gasteiger charge is -2.03. The van der Waals surface area contributed by atoms with Crippen LogP contribution in [0.5, 0.6) is 0 Å². The second-order valence-electron chi connectivity index (χ2n) is 3.33. The Kier molecular flexibility index (Phi) is 3.35. The summed E-state index contributed by atoms with van der Waals surface area (Å²) in [6, 6.07) is 5.05. The van der Waals surface area contributed by atoms with Crippen LogP contribution in [0.15, 0.2) is 36.4 Å². The molecule has 0 unspecified atom stereocenters. The van der Waals surface area contributed by atoms with Crippen molar-refractivity contribution in [3.8, 4) is 0 Å². The van der Waals surface area contributed by atoms with E-state index in [9.17, 15) is 9.59 Å². The van der Waals surface area contributed by atoms with Crippen molar-refractivity contribution in [1.82, 2.24) is 5.32 Å². The van der Waals surface area contributed by atoms with Gasteiger partial charge >= 0.3 is 5.63 Å². The summed E-state index contributed by atoms with van der Waals surface area (Å²) in [5, 5.41) is 3.06. The molecule has 0 saturated heterocycles. The lowest BCUT2D eigenvalue weighted by atomic mass is 10.2. The summed E-state index contributed by atoms with van der Waals surface area (Å²) in [5.41, 5.74) is -0.240. The highest BCUT2D eigenvalue weighted by molar-refractivity contribution is 9.11. The SMILES string of the molecule is CNC(=O)c1cc2cc(Br)cc(Br)c2oc1=O. The third-order valence-electron chi connectivity index (χ3n) is 2.22. The van der Waals surface area contributed by atoms with Gasteiger partial charge in [0, 0.05) is 16.9 Å². The van der Waals surface area contributed by atoms with Crippen LogP contribution in [0.1, 0.15) is 10.4 Å². The van der Waals surface area contributed by atoms with E-state index < -0.39 is 11.5 Å². The first-order valence-electron chi connectivity index (χ1n) is 4.68. The Labute approximate surface area is 113 Å². The number of rotatable bonds is 1. The average Bonchev–Trinajstić information content (AvgIpc) is 2.28. The van der Waals surface area contributed by atoms with E-state index in [-0.39, 0.29) is 5.56 Å². The molecule has 1 N–H and O–H groups in total. The molecule has 17 heavy (non-hydrogen) atoms. The molecule has 88 valence electrons. The second-order valence-corrected chi connectivity index (χ2v) is 5.10. The molecule has 0 aliphatic heterocycles. The van der Waals surface area contributed by atoms with E-state index in [1.54, 1.807) is 12.1 Å². The Balaban J connectivity index is 2.81. The summed E-state index contributed by atoms with van der Waals surface area (Å²) in [6.45, 7) is 0. The molecule has 1 aromatic carbocycles. The Bertz CT molecular complexity index is 664. The topological polar surface area (TPSA) is 59.3 Å². The van der Waals surface area contributed by atoms with Gasteiger partial charge in [0.05, 0.1) is 4.47 Å². The van der Waals surface area contributed by atoms with E-state index in [0.717, 1.165) is 4.47 Å². The summed E-state index contributed by atoms with van der Waals surface area (Å²) in [6.07, 6.45) is 0. The quantitative estimate of drug-likeness (QED) is 0.795. The third-order valence-corrected chi connectivity index (χ3v) is 3.27. The summed E-state index contributed by atoms with van der Waals surface area (Å²) in [4.78, 5) is 23.1. The van der Waals surface area contributed by atoms with Crippen molar-refractivity contribution < 1.29 is 9.21 Å². The third kappa shape index (κ3) is 2.28. The molecule has 0 saturated carbocycles. The maximum Gasteiger partial charge on any atom is 0.349 e. The summed E-state index contributed by atoms with van der Waals surface area (Å²) in [5.74, 6) is -0.461. The van der Waals surface area contributed by atoms with E-state index in [4.69, 9.17) is 4.42 Å². The van der Waals surface area contributed by atoms with Crippen LogP contribution in [0.2, 0.25) is 0 Å². The number of hydrogen-bond donors (Lipinski definition) is 1. The normalized spacial score (nSPS) is 10.5. The van der Waals surface area contributed by atoms with E-state index in [1.807, 2.05) is 0 Å². The van der Waals surface area contributed by atoms with E-state index >= 15 is 0 Å². The van der Waals surface area contributed by atoms with Crippen LogP contribution in [-0.4, -0.2) is 13.0 Å². The summed E-state index contributed by atoms with van der Waals surface area (Å²) >= 11 is 6.63. The van der Waals surface area contributed by atoms with Gasteiger partial charge in [-0.2, -0.15) is 0 Å². The molecular weight excluding hydrogens is 354 g/mol.